The summed E-state index contributed by atoms with van der Waals surface area (Å²) in [6, 6.07) is 0.638. The van der Waals surface area contributed by atoms with Crippen LogP contribution in [-0.2, 0) is 14.3 Å². The molecule has 1 amide bonds. The van der Waals surface area contributed by atoms with Gasteiger partial charge >= 0.3 is 0 Å². The summed E-state index contributed by atoms with van der Waals surface area (Å²) in [5.41, 5.74) is 0.457. The van der Waals surface area contributed by atoms with Crippen LogP contribution in [0.4, 0.5) is 0 Å². The van der Waals surface area contributed by atoms with Crippen molar-refractivity contribution in [3.63, 3.8) is 0 Å². The molecule has 6 fully saturated rings. The topological polar surface area (TPSA) is 68.4 Å². The van der Waals surface area contributed by atoms with Gasteiger partial charge in [0.15, 0.2) is 5.78 Å². The van der Waals surface area contributed by atoms with E-state index in [1.54, 1.807) is 0 Å². The molecular formula is C31H49N5O3. The van der Waals surface area contributed by atoms with Gasteiger partial charge in [0.2, 0.25) is 0 Å². The van der Waals surface area contributed by atoms with Crippen LogP contribution in [0.1, 0.15) is 64.2 Å². The van der Waals surface area contributed by atoms with Gasteiger partial charge in [-0.25, -0.2) is 0 Å². The molecule has 0 aromatic carbocycles. The standard InChI is InChI=1S/C31H49N5O3/c1-33-16-18-35(19-17-33)31(38)24-20-36-27-22-7-3-2-6-21(22)8-11-26(27)39-30-25(10-9-23(28(30)36)29(24)37)32-12-15-34-13-4-5-14-34/h20-23,25-28,30,32H,2-19H2,1H3. The van der Waals surface area contributed by atoms with E-state index in [9.17, 15) is 9.59 Å². The first-order valence-electron chi connectivity index (χ1n) is 16.2. The highest BCUT2D eigenvalue weighted by Gasteiger charge is 2.58. The smallest absolute Gasteiger partial charge is 0.259 e. The molecule has 7 aliphatic rings. The summed E-state index contributed by atoms with van der Waals surface area (Å²) in [6.45, 7) is 7.69. The van der Waals surface area contributed by atoms with E-state index in [0.717, 1.165) is 51.4 Å². The number of nitrogens with one attached hydrogen (secondary N) is 1. The second-order valence-electron chi connectivity index (χ2n) is 13.6. The van der Waals surface area contributed by atoms with E-state index in [2.05, 4.69) is 33.3 Å². The number of likely N-dealkylation sites (tertiary alicyclic amines) is 1. The zero-order valence-corrected chi connectivity index (χ0v) is 23.9. The van der Waals surface area contributed by atoms with E-state index >= 15 is 0 Å². The minimum Gasteiger partial charge on any atom is -0.369 e. The molecule has 8 unspecified atom stereocenters. The third kappa shape index (κ3) is 4.87. The fourth-order valence-corrected chi connectivity index (χ4v) is 9.39. The van der Waals surface area contributed by atoms with Gasteiger partial charge in [-0.1, -0.05) is 19.3 Å². The summed E-state index contributed by atoms with van der Waals surface area (Å²) < 4.78 is 7.09. The average Bonchev–Trinajstić information content (AvgIpc) is 3.48. The maximum absolute atomic E-state index is 14.0. The molecule has 8 heteroatoms. The van der Waals surface area contributed by atoms with Crippen LogP contribution >= 0.6 is 0 Å². The summed E-state index contributed by atoms with van der Waals surface area (Å²) in [6.07, 6.45) is 14.3. The molecule has 0 spiro atoms. The van der Waals surface area contributed by atoms with Crippen LogP contribution in [0, 0.1) is 17.8 Å². The van der Waals surface area contributed by atoms with E-state index in [1.165, 1.54) is 58.0 Å². The molecule has 216 valence electrons. The van der Waals surface area contributed by atoms with Crippen LogP contribution in [0.25, 0.3) is 0 Å². The number of carbonyl (C=O) groups is 2. The lowest BCUT2D eigenvalue weighted by atomic mass is 9.63. The van der Waals surface area contributed by atoms with Gasteiger partial charge in [0, 0.05) is 57.4 Å². The number of likely N-dealkylation sites (N-methyl/N-ethyl adjacent to an activating group) is 1. The van der Waals surface area contributed by atoms with Gasteiger partial charge in [0.1, 0.15) is 0 Å². The maximum Gasteiger partial charge on any atom is 0.259 e. The predicted molar refractivity (Wildman–Crippen MR) is 150 cm³/mol. The zero-order chi connectivity index (χ0) is 26.5. The molecule has 0 aromatic heterocycles. The molecule has 4 heterocycles. The van der Waals surface area contributed by atoms with Gasteiger partial charge in [-0.05, 0) is 76.9 Å². The highest BCUT2D eigenvalue weighted by atomic mass is 16.5. The number of hydrogen-bond acceptors (Lipinski definition) is 7. The van der Waals surface area contributed by atoms with Crippen molar-refractivity contribution >= 4 is 11.7 Å². The summed E-state index contributed by atoms with van der Waals surface area (Å²) in [5.74, 6) is 1.30. The fraction of sp³-hybridized carbons (Fsp3) is 0.871. The van der Waals surface area contributed by atoms with Gasteiger partial charge in [-0.3, -0.25) is 9.59 Å². The van der Waals surface area contributed by atoms with Gasteiger partial charge in [0.25, 0.3) is 5.91 Å². The minimum atomic E-state index is -0.132. The normalized spacial score (nSPS) is 41.1. The number of ketones is 1. The van der Waals surface area contributed by atoms with E-state index in [0.29, 0.717) is 30.6 Å². The van der Waals surface area contributed by atoms with E-state index in [1.807, 2.05) is 4.90 Å². The molecule has 0 radical (unpaired) electrons. The molecular weight excluding hydrogens is 490 g/mol. The van der Waals surface area contributed by atoms with E-state index in [-0.39, 0.29) is 41.9 Å². The fourth-order valence-electron chi connectivity index (χ4n) is 9.39. The average molecular weight is 540 g/mol. The Morgan fingerprint density at radius 1 is 0.923 bits per heavy atom. The molecule has 8 nitrogen and oxygen atoms in total. The maximum atomic E-state index is 14.0. The first-order chi connectivity index (χ1) is 19.1. The molecule has 7 rings (SSSR count). The van der Waals surface area contributed by atoms with Crippen molar-refractivity contribution in [3.05, 3.63) is 11.8 Å². The number of Topliss-reactive ketones (excluding diaryl/α,β-unsaturated/α-hetero) is 1. The highest BCUT2D eigenvalue weighted by molar-refractivity contribution is 6.20. The van der Waals surface area contributed by atoms with Crippen molar-refractivity contribution in [1.29, 1.82) is 0 Å². The van der Waals surface area contributed by atoms with Crippen molar-refractivity contribution in [2.75, 3.05) is 59.4 Å². The van der Waals surface area contributed by atoms with Crippen LogP contribution in [0.3, 0.4) is 0 Å². The zero-order valence-electron chi connectivity index (χ0n) is 23.9. The second kappa shape index (κ2) is 11.1. The third-order valence-corrected chi connectivity index (χ3v) is 11.5. The molecule has 39 heavy (non-hydrogen) atoms. The number of nitrogens with zero attached hydrogens (tertiary/aromatic N) is 4. The summed E-state index contributed by atoms with van der Waals surface area (Å²) >= 11 is 0. The summed E-state index contributed by atoms with van der Waals surface area (Å²) in [7, 11) is 2.10. The summed E-state index contributed by atoms with van der Waals surface area (Å²) in [5, 5.41) is 3.89. The Morgan fingerprint density at radius 2 is 1.72 bits per heavy atom. The Morgan fingerprint density at radius 3 is 2.54 bits per heavy atom. The molecule has 0 aromatic rings. The lowest BCUT2D eigenvalue weighted by molar-refractivity contribution is -0.207. The number of hydrogen-bond donors (Lipinski definition) is 1. The van der Waals surface area contributed by atoms with Crippen molar-refractivity contribution in [1.82, 2.24) is 24.9 Å². The lowest BCUT2D eigenvalue weighted by Gasteiger charge is -2.62. The highest BCUT2D eigenvalue weighted by Crippen LogP contribution is 2.50. The van der Waals surface area contributed by atoms with Crippen LogP contribution in [-0.4, -0.2) is 121 Å². The Balaban J connectivity index is 1.17. The van der Waals surface area contributed by atoms with E-state index < -0.39 is 0 Å². The van der Waals surface area contributed by atoms with Crippen molar-refractivity contribution < 1.29 is 14.3 Å². The monoisotopic (exact) mass is 539 g/mol. The predicted octanol–water partition coefficient (Wildman–Crippen LogP) is 2.10. The SMILES string of the molecule is CN1CCN(C(=O)C2=CN3C4C(CCC5CCCCC54)OC4C(NCCN5CCCC5)CCC(C2=O)C43)CC1. The van der Waals surface area contributed by atoms with Crippen LogP contribution in [0.5, 0.6) is 0 Å². The van der Waals surface area contributed by atoms with Gasteiger partial charge < -0.3 is 29.7 Å². The largest absolute Gasteiger partial charge is 0.369 e. The second-order valence-corrected chi connectivity index (χ2v) is 13.6. The number of amides is 1. The minimum absolute atomic E-state index is 0.0178. The molecule has 0 bridgehead atoms. The van der Waals surface area contributed by atoms with Crippen molar-refractivity contribution in [2.45, 2.75) is 94.5 Å². The molecule has 8 atom stereocenters. The van der Waals surface area contributed by atoms with Crippen molar-refractivity contribution in [3.8, 4) is 0 Å². The number of fused-ring (bicyclic) bond motifs is 4. The Kier molecular flexibility index (Phi) is 7.50. The van der Waals surface area contributed by atoms with Gasteiger partial charge in [-0.15, -0.1) is 0 Å². The first kappa shape index (κ1) is 26.4. The molecule has 3 saturated carbocycles. The Labute approximate surface area is 234 Å². The first-order valence-corrected chi connectivity index (χ1v) is 16.2. The molecule has 1 N–H and O–H groups in total. The van der Waals surface area contributed by atoms with Gasteiger partial charge in [0.05, 0.1) is 29.9 Å². The quantitative estimate of drug-likeness (QED) is 0.537. The van der Waals surface area contributed by atoms with Crippen LogP contribution < -0.4 is 5.32 Å². The van der Waals surface area contributed by atoms with Crippen LogP contribution in [0.15, 0.2) is 11.8 Å². The van der Waals surface area contributed by atoms with Crippen LogP contribution in [0.2, 0.25) is 0 Å². The third-order valence-electron chi connectivity index (χ3n) is 11.5. The number of carbonyl (C=O) groups excluding carboxylic acids is 2. The number of rotatable bonds is 5. The number of piperazine rings is 1. The Hall–Kier alpha value is -1.48. The molecule has 4 aliphatic heterocycles. The van der Waals surface area contributed by atoms with Crippen molar-refractivity contribution in [2.24, 2.45) is 17.8 Å². The molecule has 3 aliphatic carbocycles. The Bertz CT molecular complexity index is 958. The van der Waals surface area contributed by atoms with Gasteiger partial charge in [-0.2, -0.15) is 0 Å². The number of ether oxygens (including phenoxy) is 1. The lowest BCUT2D eigenvalue weighted by Crippen LogP contribution is -2.72. The molecule has 3 saturated heterocycles. The van der Waals surface area contributed by atoms with E-state index in [4.69, 9.17) is 4.74 Å². The summed E-state index contributed by atoms with van der Waals surface area (Å²) in [4.78, 5) is 37.2. The number of morpholine rings is 1.